The molecule has 132 valence electrons. The second-order valence-corrected chi connectivity index (χ2v) is 4.77. The molecule has 2 rings (SSSR count). The maximum Gasteiger partial charge on any atom is 0.363 e. The SMILES string of the molecule is C1CCOC1.COC(=O)CCN(C(N)=O)c1ccc([N+](=O)[O-])nc1. The minimum atomic E-state index is -0.792. The van der Waals surface area contributed by atoms with Crippen molar-refractivity contribution in [3.63, 3.8) is 0 Å². The topological polar surface area (TPSA) is 138 Å². The first-order valence-electron chi connectivity index (χ1n) is 7.27. The second kappa shape index (κ2) is 10.1. The van der Waals surface area contributed by atoms with Crippen LogP contribution in [0.1, 0.15) is 19.3 Å². The van der Waals surface area contributed by atoms with Gasteiger partial charge < -0.3 is 25.3 Å². The van der Waals surface area contributed by atoms with Crippen LogP contribution in [0.25, 0.3) is 0 Å². The van der Waals surface area contributed by atoms with Gasteiger partial charge in [0.05, 0.1) is 19.2 Å². The Morgan fingerprint density at radius 1 is 1.42 bits per heavy atom. The third-order valence-corrected chi connectivity index (χ3v) is 3.09. The molecule has 0 atom stereocenters. The number of aromatic nitrogens is 1. The molecule has 0 unspecified atom stereocenters. The number of hydrogen-bond donors (Lipinski definition) is 1. The molecule has 0 bridgehead atoms. The van der Waals surface area contributed by atoms with Crippen LogP contribution in [0.3, 0.4) is 0 Å². The van der Waals surface area contributed by atoms with E-state index in [4.69, 9.17) is 10.5 Å². The quantitative estimate of drug-likeness (QED) is 0.483. The number of ether oxygens (including phenoxy) is 2. The highest BCUT2D eigenvalue weighted by Crippen LogP contribution is 2.16. The van der Waals surface area contributed by atoms with Crippen molar-refractivity contribution in [2.24, 2.45) is 5.73 Å². The summed E-state index contributed by atoms with van der Waals surface area (Å²) in [5.41, 5.74) is 5.43. The fourth-order valence-electron chi connectivity index (χ4n) is 1.83. The van der Waals surface area contributed by atoms with E-state index in [0.29, 0.717) is 0 Å². The Morgan fingerprint density at radius 3 is 2.46 bits per heavy atom. The number of anilines is 1. The monoisotopic (exact) mass is 340 g/mol. The van der Waals surface area contributed by atoms with Gasteiger partial charge in [0.15, 0.2) is 6.20 Å². The molecule has 0 saturated carbocycles. The van der Waals surface area contributed by atoms with E-state index in [2.05, 4.69) is 9.72 Å². The zero-order valence-electron chi connectivity index (χ0n) is 13.3. The summed E-state index contributed by atoms with van der Waals surface area (Å²) in [5, 5.41) is 10.4. The van der Waals surface area contributed by atoms with Crippen molar-refractivity contribution in [3.8, 4) is 0 Å². The first-order valence-corrected chi connectivity index (χ1v) is 7.27. The summed E-state index contributed by atoms with van der Waals surface area (Å²) in [5.74, 6) is -0.845. The number of rotatable bonds is 5. The van der Waals surface area contributed by atoms with Gasteiger partial charge in [-0.05, 0) is 28.8 Å². The number of nitrogens with two attached hydrogens (primary N) is 1. The average Bonchev–Trinajstić information content (AvgIpc) is 3.14. The molecule has 1 fully saturated rings. The molecule has 1 aromatic rings. The lowest BCUT2D eigenvalue weighted by Gasteiger charge is -2.18. The zero-order chi connectivity index (χ0) is 17.9. The fourth-order valence-corrected chi connectivity index (χ4v) is 1.83. The standard InChI is InChI=1S/C10H12N4O5.C4H8O/c1-19-9(15)4-5-13(10(11)16)7-2-3-8(12-6-7)14(17)18;1-2-4-5-3-1/h2-3,6H,4-5H2,1H3,(H2,11,16);1-4H2. The molecule has 2 heterocycles. The van der Waals surface area contributed by atoms with Crippen LogP contribution in [0.15, 0.2) is 18.3 Å². The molecule has 1 saturated heterocycles. The van der Waals surface area contributed by atoms with Gasteiger partial charge in [-0.3, -0.25) is 9.69 Å². The lowest BCUT2D eigenvalue weighted by atomic mass is 10.3. The molecule has 1 aliphatic rings. The molecule has 1 aromatic heterocycles. The summed E-state index contributed by atoms with van der Waals surface area (Å²) >= 11 is 0. The molecular weight excluding hydrogens is 320 g/mol. The van der Waals surface area contributed by atoms with E-state index in [1.54, 1.807) is 0 Å². The maximum absolute atomic E-state index is 11.3. The Morgan fingerprint density at radius 2 is 2.08 bits per heavy atom. The fraction of sp³-hybridized carbons (Fsp3) is 0.500. The van der Waals surface area contributed by atoms with Crippen LogP contribution in [-0.2, 0) is 14.3 Å². The highest BCUT2D eigenvalue weighted by atomic mass is 16.6. The summed E-state index contributed by atoms with van der Waals surface area (Å²) in [4.78, 5) is 36.7. The van der Waals surface area contributed by atoms with Crippen molar-refractivity contribution in [2.75, 3.05) is 31.8 Å². The molecule has 0 spiro atoms. The van der Waals surface area contributed by atoms with E-state index >= 15 is 0 Å². The Hall–Kier alpha value is -2.75. The van der Waals surface area contributed by atoms with Crippen molar-refractivity contribution < 1.29 is 24.0 Å². The summed E-state index contributed by atoms with van der Waals surface area (Å²) in [7, 11) is 1.23. The largest absolute Gasteiger partial charge is 0.469 e. The molecule has 0 radical (unpaired) electrons. The highest BCUT2D eigenvalue weighted by Gasteiger charge is 2.17. The average molecular weight is 340 g/mol. The predicted octanol–water partition coefficient (Wildman–Crippen LogP) is 1.23. The summed E-state index contributed by atoms with van der Waals surface area (Å²) in [6.45, 7) is 2.00. The second-order valence-electron chi connectivity index (χ2n) is 4.77. The Bertz CT molecular complexity index is 551. The predicted molar refractivity (Wildman–Crippen MR) is 84.5 cm³/mol. The minimum Gasteiger partial charge on any atom is -0.469 e. The number of primary amides is 1. The van der Waals surface area contributed by atoms with E-state index in [1.165, 1.54) is 26.0 Å². The van der Waals surface area contributed by atoms with Crippen molar-refractivity contribution in [3.05, 3.63) is 28.4 Å². The Kier molecular flexibility index (Phi) is 8.13. The van der Waals surface area contributed by atoms with Gasteiger partial charge in [0.2, 0.25) is 0 Å². The normalized spacial score (nSPS) is 12.7. The Balaban J connectivity index is 0.000000488. The van der Waals surface area contributed by atoms with Gasteiger partial charge in [0.1, 0.15) is 0 Å². The lowest BCUT2D eigenvalue weighted by molar-refractivity contribution is -0.389. The van der Waals surface area contributed by atoms with Crippen LogP contribution in [0.4, 0.5) is 16.3 Å². The van der Waals surface area contributed by atoms with Crippen molar-refractivity contribution >= 4 is 23.5 Å². The number of methoxy groups -OCH3 is 1. The molecule has 0 aliphatic carbocycles. The summed E-state index contributed by atoms with van der Waals surface area (Å²) in [6, 6.07) is 1.68. The third kappa shape index (κ3) is 6.57. The van der Waals surface area contributed by atoms with Crippen LogP contribution < -0.4 is 10.6 Å². The first kappa shape index (κ1) is 19.3. The van der Waals surface area contributed by atoms with Gasteiger partial charge in [-0.1, -0.05) is 0 Å². The molecule has 24 heavy (non-hydrogen) atoms. The van der Waals surface area contributed by atoms with Gasteiger partial charge in [-0.2, -0.15) is 0 Å². The number of esters is 1. The van der Waals surface area contributed by atoms with Gasteiger partial charge >= 0.3 is 17.8 Å². The van der Waals surface area contributed by atoms with E-state index in [0.717, 1.165) is 30.4 Å². The third-order valence-electron chi connectivity index (χ3n) is 3.09. The highest BCUT2D eigenvalue weighted by molar-refractivity contribution is 5.91. The molecule has 0 aromatic carbocycles. The van der Waals surface area contributed by atoms with Crippen molar-refractivity contribution in [2.45, 2.75) is 19.3 Å². The molecule has 10 nitrogen and oxygen atoms in total. The van der Waals surface area contributed by atoms with E-state index in [-0.39, 0.29) is 24.5 Å². The van der Waals surface area contributed by atoms with Crippen LogP contribution in [0, 0.1) is 10.1 Å². The number of carbonyl (C=O) groups is 2. The number of pyridine rings is 1. The lowest BCUT2D eigenvalue weighted by Crippen LogP contribution is -2.37. The van der Waals surface area contributed by atoms with Gasteiger partial charge in [-0.15, -0.1) is 0 Å². The van der Waals surface area contributed by atoms with E-state index < -0.39 is 16.9 Å². The van der Waals surface area contributed by atoms with Crippen molar-refractivity contribution in [1.29, 1.82) is 0 Å². The zero-order valence-corrected chi connectivity index (χ0v) is 13.3. The summed E-state index contributed by atoms with van der Waals surface area (Å²) < 4.78 is 9.39. The molecular formula is C14H20N4O6. The molecule has 10 heteroatoms. The minimum absolute atomic E-state index is 0.00149. The summed E-state index contributed by atoms with van der Waals surface area (Å²) in [6.07, 6.45) is 3.65. The molecule has 2 amide bonds. The molecule has 2 N–H and O–H groups in total. The van der Waals surface area contributed by atoms with Crippen molar-refractivity contribution in [1.82, 2.24) is 4.98 Å². The van der Waals surface area contributed by atoms with Crippen LogP contribution in [0.5, 0.6) is 0 Å². The van der Waals surface area contributed by atoms with Gasteiger partial charge in [0.25, 0.3) is 0 Å². The number of nitro groups is 1. The van der Waals surface area contributed by atoms with E-state index in [1.807, 2.05) is 0 Å². The number of urea groups is 1. The number of carbonyl (C=O) groups excluding carboxylic acids is 2. The van der Waals surface area contributed by atoms with Crippen LogP contribution in [-0.4, -0.2) is 48.8 Å². The van der Waals surface area contributed by atoms with E-state index in [9.17, 15) is 19.7 Å². The van der Waals surface area contributed by atoms with Crippen LogP contribution >= 0.6 is 0 Å². The van der Waals surface area contributed by atoms with Gasteiger partial charge in [-0.25, -0.2) is 4.79 Å². The number of amides is 2. The number of hydrogen-bond acceptors (Lipinski definition) is 7. The van der Waals surface area contributed by atoms with Gasteiger partial charge in [0, 0.05) is 25.8 Å². The Labute approximate surface area is 138 Å². The molecule has 1 aliphatic heterocycles. The first-order chi connectivity index (χ1) is 11.5. The number of nitrogens with zero attached hydrogens (tertiary/aromatic N) is 3. The smallest absolute Gasteiger partial charge is 0.363 e. The van der Waals surface area contributed by atoms with Crippen LogP contribution in [0.2, 0.25) is 0 Å². The maximum atomic E-state index is 11.3.